The Morgan fingerprint density at radius 3 is 3.06 bits per heavy atom. The van der Waals surface area contributed by atoms with Crippen LogP contribution in [0.3, 0.4) is 0 Å². The summed E-state index contributed by atoms with van der Waals surface area (Å²) in [5.41, 5.74) is 6.87. The van der Waals surface area contributed by atoms with Crippen LogP contribution in [0.1, 0.15) is 5.56 Å². The number of benzene rings is 1. The van der Waals surface area contributed by atoms with Gasteiger partial charge in [-0.15, -0.1) is 0 Å². The van der Waals surface area contributed by atoms with Crippen LogP contribution in [0.25, 0.3) is 0 Å². The number of para-hydroxylation sites is 1. The molecule has 2 N–H and O–H groups in total. The Labute approximate surface area is 97.2 Å². The summed E-state index contributed by atoms with van der Waals surface area (Å²) in [5.74, 6) is 1.65. The van der Waals surface area contributed by atoms with Crippen molar-refractivity contribution in [1.82, 2.24) is 4.90 Å². The van der Waals surface area contributed by atoms with Gasteiger partial charge in [-0.1, -0.05) is 18.2 Å². The minimum atomic E-state index is 0.589. The summed E-state index contributed by atoms with van der Waals surface area (Å²) in [7, 11) is 2.12. The molecule has 3 nitrogen and oxygen atoms in total. The van der Waals surface area contributed by atoms with E-state index < -0.39 is 0 Å². The Kier molecular flexibility index (Phi) is 3.80. The summed E-state index contributed by atoms with van der Waals surface area (Å²) >= 11 is 0. The van der Waals surface area contributed by atoms with Crippen molar-refractivity contribution in [3.8, 4) is 5.75 Å². The van der Waals surface area contributed by atoms with Gasteiger partial charge in [0, 0.05) is 25.6 Å². The molecule has 0 radical (unpaired) electrons. The van der Waals surface area contributed by atoms with Gasteiger partial charge < -0.3 is 15.4 Å². The number of hydrogen-bond acceptors (Lipinski definition) is 3. The first kappa shape index (κ1) is 11.4. The zero-order chi connectivity index (χ0) is 11.4. The number of likely N-dealkylation sites (N-methyl/N-ethyl adjacent to an activating group) is 1. The maximum atomic E-state index is 5.76. The van der Waals surface area contributed by atoms with E-state index in [0.29, 0.717) is 5.92 Å². The molecule has 16 heavy (non-hydrogen) atoms. The Bertz CT molecular complexity index is 340. The largest absolute Gasteiger partial charge is 0.493 e. The molecule has 1 atom stereocenters. The highest BCUT2D eigenvalue weighted by Gasteiger charge is 2.20. The minimum Gasteiger partial charge on any atom is -0.493 e. The fourth-order valence-electron chi connectivity index (χ4n) is 2.26. The summed E-state index contributed by atoms with van der Waals surface area (Å²) in [6, 6.07) is 8.31. The van der Waals surface area contributed by atoms with Crippen molar-refractivity contribution in [2.75, 3.05) is 33.3 Å². The highest BCUT2D eigenvalue weighted by atomic mass is 16.5. The first-order valence-corrected chi connectivity index (χ1v) is 5.89. The van der Waals surface area contributed by atoms with E-state index in [1.165, 1.54) is 5.56 Å². The zero-order valence-electron chi connectivity index (χ0n) is 9.86. The molecule has 0 spiro atoms. The van der Waals surface area contributed by atoms with E-state index in [0.717, 1.165) is 38.4 Å². The molecule has 0 fully saturated rings. The summed E-state index contributed by atoms with van der Waals surface area (Å²) in [5, 5.41) is 0. The second-order valence-corrected chi connectivity index (χ2v) is 4.54. The Hall–Kier alpha value is -1.06. The highest BCUT2D eigenvalue weighted by molar-refractivity contribution is 5.35. The fourth-order valence-corrected chi connectivity index (χ4v) is 2.26. The number of fused-ring (bicyclic) bond motifs is 1. The van der Waals surface area contributed by atoms with E-state index in [1.54, 1.807) is 0 Å². The van der Waals surface area contributed by atoms with Crippen molar-refractivity contribution in [3.05, 3.63) is 29.8 Å². The molecule has 1 aromatic rings. The number of ether oxygens (including phenoxy) is 1. The van der Waals surface area contributed by atoms with E-state index in [9.17, 15) is 0 Å². The molecule has 3 heteroatoms. The molecule has 1 aliphatic rings. The first-order chi connectivity index (χ1) is 7.79. The van der Waals surface area contributed by atoms with Crippen LogP contribution in [0.2, 0.25) is 0 Å². The summed E-state index contributed by atoms with van der Waals surface area (Å²) in [4.78, 5) is 2.28. The Balaban J connectivity index is 1.92. The lowest BCUT2D eigenvalue weighted by molar-refractivity contribution is 0.177. The zero-order valence-corrected chi connectivity index (χ0v) is 9.86. The summed E-state index contributed by atoms with van der Waals surface area (Å²) in [6.07, 6.45) is 1.12. The van der Waals surface area contributed by atoms with Gasteiger partial charge in [-0.3, -0.25) is 0 Å². The van der Waals surface area contributed by atoms with Crippen molar-refractivity contribution >= 4 is 0 Å². The fraction of sp³-hybridized carbons (Fsp3) is 0.538. The standard InChI is InChI=1S/C13H20N2O/c1-15(7-6-14)9-11-8-12-4-2-3-5-13(12)16-10-11/h2-5,11H,6-10,14H2,1H3. The molecule has 0 bridgehead atoms. The smallest absolute Gasteiger partial charge is 0.122 e. The molecule has 88 valence electrons. The van der Waals surface area contributed by atoms with Crippen LogP contribution in [-0.4, -0.2) is 38.2 Å². The van der Waals surface area contributed by atoms with E-state index >= 15 is 0 Å². The van der Waals surface area contributed by atoms with Crippen LogP contribution in [0.15, 0.2) is 24.3 Å². The lowest BCUT2D eigenvalue weighted by atomic mass is 9.96. The average molecular weight is 220 g/mol. The lowest BCUT2D eigenvalue weighted by Crippen LogP contribution is -2.35. The first-order valence-electron chi connectivity index (χ1n) is 5.89. The van der Waals surface area contributed by atoms with Gasteiger partial charge in [-0.2, -0.15) is 0 Å². The highest BCUT2D eigenvalue weighted by Crippen LogP contribution is 2.26. The van der Waals surface area contributed by atoms with Crippen molar-refractivity contribution < 1.29 is 4.74 Å². The van der Waals surface area contributed by atoms with Gasteiger partial charge in [-0.25, -0.2) is 0 Å². The van der Waals surface area contributed by atoms with Crippen molar-refractivity contribution in [2.24, 2.45) is 11.7 Å². The maximum Gasteiger partial charge on any atom is 0.122 e. The molecule has 0 aromatic heterocycles. The van der Waals surface area contributed by atoms with Crippen LogP contribution >= 0.6 is 0 Å². The lowest BCUT2D eigenvalue weighted by Gasteiger charge is -2.28. The van der Waals surface area contributed by atoms with E-state index in [-0.39, 0.29) is 0 Å². The van der Waals surface area contributed by atoms with Crippen LogP contribution in [-0.2, 0) is 6.42 Å². The van der Waals surface area contributed by atoms with Crippen molar-refractivity contribution in [2.45, 2.75) is 6.42 Å². The van der Waals surface area contributed by atoms with Gasteiger partial charge in [0.05, 0.1) is 6.61 Å². The third kappa shape index (κ3) is 2.74. The molecule has 0 aliphatic carbocycles. The van der Waals surface area contributed by atoms with Crippen LogP contribution < -0.4 is 10.5 Å². The summed E-state index contributed by atoms with van der Waals surface area (Å²) < 4.78 is 5.76. The Morgan fingerprint density at radius 1 is 1.44 bits per heavy atom. The van der Waals surface area contributed by atoms with Gasteiger partial charge in [0.15, 0.2) is 0 Å². The van der Waals surface area contributed by atoms with Gasteiger partial charge >= 0.3 is 0 Å². The molecule has 0 saturated carbocycles. The number of rotatable bonds is 4. The van der Waals surface area contributed by atoms with Crippen molar-refractivity contribution in [3.63, 3.8) is 0 Å². The minimum absolute atomic E-state index is 0.589. The SMILES string of the molecule is CN(CCN)CC1COc2ccccc2C1. The van der Waals surface area contributed by atoms with Gasteiger partial charge in [0.2, 0.25) is 0 Å². The van der Waals surface area contributed by atoms with Crippen LogP contribution in [0.5, 0.6) is 5.75 Å². The third-order valence-electron chi connectivity index (χ3n) is 3.04. The molecule has 1 aliphatic heterocycles. The molecular formula is C13H20N2O. The molecule has 1 unspecified atom stereocenters. The number of hydrogen-bond donors (Lipinski definition) is 1. The van der Waals surface area contributed by atoms with E-state index in [2.05, 4.69) is 30.1 Å². The summed E-state index contributed by atoms with van der Waals surface area (Å²) in [6.45, 7) is 3.57. The van der Waals surface area contributed by atoms with Gasteiger partial charge in [0.1, 0.15) is 5.75 Å². The number of nitrogens with zero attached hydrogens (tertiary/aromatic N) is 1. The van der Waals surface area contributed by atoms with Gasteiger partial charge in [0.25, 0.3) is 0 Å². The predicted molar refractivity (Wildman–Crippen MR) is 65.7 cm³/mol. The molecule has 2 rings (SSSR count). The monoisotopic (exact) mass is 220 g/mol. The van der Waals surface area contributed by atoms with E-state index in [1.807, 2.05) is 6.07 Å². The maximum absolute atomic E-state index is 5.76. The van der Waals surface area contributed by atoms with Gasteiger partial charge in [-0.05, 0) is 25.1 Å². The molecular weight excluding hydrogens is 200 g/mol. The normalized spacial score (nSPS) is 19.3. The van der Waals surface area contributed by atoms with Crippen LogP contribution in [0.4, 0.5) is 0 Å². The second kappa shape index (κ2) is 5.32. The third-order valence-corrected chi connectivity index (χ3v) is 3.04. The quantitative estimate of drug-likeness (QED) is 0.826. The Morgan fingerprint density at radius 2 is 2.25 bits per heavy atom. The second-order valence-electron chi connectivity index (χ2n) is 4.54. The molecule has 1 aromatic carbocycles. The molecule has 1 heterocycles. The van der Waals surface area contributed by atoms with Crippen LogP contribution in [0, 0.1) is 5.92 Å². The topological polar surface area (TPSA) is 38.5 Å². The molecule has 0 saturated heterocycles. The molecule has 0 amide bonds. The van der Waals surface area contributed by atoms with Crippen molar-refractivity contribution in [1.29, 1.82) is 0 Å². The van der Waals surface area contributed by atoms with E-state index in [4.69, 9.17) is 10.5 Å². The number of nitrogens with two attached hydrogens (primary N) is 1. The predicted octanol–water partition coefficient (Wildman–Crippen LogP) is 1.13. The average Bonchev–Trinajstić information content (AvgIpc) is 2.29.